The van der Waals surface area contributed by atoms with Gasteiger partial charge in [0, 0.05) is 32.4 Å². The summed E-state index contributed by atoms with van der Waals surface area (Å²) in [4.78, 5) is 32.0. The van der Waals surface area contributed by atoms with Crippen LogP contribution in [0.25, 0.3) is 0 Å². The van der Waals surface area contributed by atoms with Gasteiger partial charge >= 0.3 is 0 Å². The molecule has 2 aliphatic rings. The zero-order valence-electron chi connectivity index (χ0n) is 16.8. The van der Waals surface area contributed by atoms with E-state index in [9.17, 15) is 9.59 Å². The molecule has 2 aromatic rings. The Labute approximate surface area is 164 Å². The first-order valence-electron chi connectivity index (χ1n) is 10.2. The van der Waals surface area contributed by atoms with E-state index in [1.165, 1.54) is 0 Å². The molecule has 0 spiro atoms. The lowest BCUT2D eigenvalue weighted by Gasteiger charge is -2.31. The van der Waals surface area contributed by atoms with Crippen LogP contribution in [0.1, 0.15) is 89.4 Å². The fraction of sp³-hybridized carbons (Fsp3) is 0.619. The third-order valence-corrected chi connectivity index (χ3v) is 5.59. The largest absolute Gasteiger partial charge is 0.465 e. The van der Waals surface area contributed by atoms with Gasteiger partial charge in [-0.05, 0) is 32.1 Å². The number of fused-ring (bicyclic) bond motifs is 1. The van der Waals surface area contributed by atoms with Crippen LogP contribution in [0, 0.1) is 12.8 Å². The van der Waals surface area contributed by atoms with Crippen LogP contribution >= 0.6 is 0 Å². The Morgan fingerprint density at radius 1 is 1.29 bits per heavy atom. The molecule has 1 atom stereocenters. The standard InChI is InChI=1S/C21H27N3O4/c1-12(2)10-17-22-20(28-23-17)14-6-5-9-24(11-14)21(26)18-13(3)27-16-8-4-7-15(25)19(16)18/h12,14H,4-11H2,1-3H3. The molecule has 3 heterocycles. The van der Waals surface area contributed by atoms with Gasteiger partial charge in [-0.2, -0.15) is 4.98 Å². The normalized spacial score (nSPS) is 19.9. The second kappa shape index (κ2) is 7.53. The Morgan fingerprint density at radius 3 is 2.89 bits per heavy atom. The second-order valence-corrected chi connectivity index (χ2v) is 8.35. The highest BCUT2D eigenvalue weighted by Gasteiger charge is 2.35. The summed E-state index contributed by atoms with van der Waals surface area (Å²) in [5.41, 5.74) is 0.958. The van der Waals surface area contributed by atoms with Gasteiger partial charge in [0.2, 0.25) is 5.89 Å². The number of rotatable bonds is 4. The third kappa shape index (κ3) is 3.50. The molecule has 1 amide bonds. The van der Waals surface area contributed by atoms with E-state index in [0.717, 1.165) is 37.9 Å². The molecular weight excluding hydrogens is 358 g/mol. The number of aromatic nitrogens is 2. The van der Waals surface area contributed by atoms with Crippen LogP contribution in [0.4, 0.5) is 0 Å². The minimum absolute atomic E-state index is 0.0187. The average molecular weight is 385 g/mol. The number of hydrogen-bond donors (Lipinski definition) is 0. The van der Waals surface area contributed by atoms with Gasteiger partial charge < -0.3 is 13.8 Å². The molecule has 0 aromatic carbocycles. The van der Waals surface area contributed by atoms with Crippen molar-refractivity contribution < 1.29 is 18.5 Å². The lowest BCUT2D eigenvalue weighted by molar-refractivity contribution is 0.0689. The molecule has 150 valence electrons. The molecule has 1 aliphatic heterocycles. The number of hydrogen-bond acceptors (Lipinski definition) is 6. The van der Waals surface area contributed by atoms with Gasteiger partial charge in [-0.1, -0.05) is 19.0 Å². The molecule has 0 N–H and O–H groups in total. The summed E-state index contributed by atoms with van der Waals surface area (Å²) >= 11 is 0. The highest BCUT2D eigenvalue weighted by Crippen LogP contribution is 2.33. The van der Waals surface area contributed by atoms with Crippen molar-refractivity contribution >= 4 is 11.7 Å². The van der Waals surface area contributed by atoms with E-state index in [1.807, 2.05) is 0 Å². The van der Waals surface area contributed by atoms with Crippen molar-refractivity contribution in [1.82, 2.24) is 15.0 Å². The van der Waals surface area contributed by atoms with E-state index in [2.05, 4.69) is 24.0 Å². The van der Waals surface area contributed by atoms with E-state index in [4.69, 9.17) is 8.94 Å². The zero-order chi connectivity index (χ0) is 19.8. The maximum atomic E-state index is 13.3. The van der Waals surface area contributed by atoms with Crippen molar-refractivity contribution in [2.24, 2.45) is 5.92 Å². The molecule has 1 aliphatic carbocycles. The van der Waals surface area contributed by atoms with Crippen LogP contribution in [0.5, 0.6) is 0 Å². The van der Waals surface area contributed by atoms with Gasteiger partial charge in [0.05, 0.1) is 17.0 Å². The van der Waals surface area contributed by atoms with Crippen LogP contribution in [-0.2, 0) is 12.8 Å². The van der Waals surface area contributed by atoms with Crippen LogP contribution in [-0.4, -0.2) is 39.8 Å². The van der Waals surface area contributed by atoms with Crippen molar-refractivity contribution in [1.29, 1.82) is 0 Å². The van der Waals surface area contributed by atoms with Crippen LogP contribution in [0.3, 0.4) is 0 Å². The van der Waals surface area contributed by atoms with Crippen molar-refractivity contribution in [2.45, 2.75) is 65.2 Å². The summed E-state index contributed by atoms with van der Waals surface area (Å²) in [6.45, 7) is 7.20. The topological polar surface area (TPSA) is 89.4 Å². The molecule has 2 aromatic heterocycles. The second-order valence-electron chi connectivity index (χ2n) is 8.35. The summed E-state index contributed by atoms with van der Waals surface area (Å²) in [5, 5.41) is 4.08. The first-order valence-corrected chi connectivity index (χ1v) is 10.2. The number of Topliss-reactive ketones (excluding diaryl/α,β-unsaturated/α-hetero) is 1. The van der Waals surface area contributed by atoms with Gasteiger partial charge in [-0.15, -0.1) is 0 Å². The number of carbonyl (C=O) groups excluding carboxylic acids is 2. The molecule has 4 rings (SSSR count). The number of furan rings is 1. The van der Waals surface area contributed by atoms with Crippen molar-refractivity contribution in [2.75, 3.05) is 13.1 Å². The van der Waals surface area contributed by atoms with Crippen molar-refractivity contribution in [3.8, 4) is 0 Å². The molecule has 7 heteroatoms. The Kier molecular flexibility index (Phi) is 5.08. The number of ketones is 1. The molecular formula is C21H27N3O4. The number of aryl methyl sites for hydroxylation is 2. The molecule has 1 saturated heterocycles. The van der Waals surface area contributed by atoms with Crippen molar-refractivity contribution in [3.05, 3.63) is 34.4 Å². The van der Waals surface area contributed by atoms with Gasteiger partial charge in [-0.25, -0.2) is 0 Å². The average Bonchev–Trinajstić information content (AvgIpc) is 3.25. The van der Waals surface area contributed by atoms with E-state index in [-0.39, 0.29) is 17.6 Å². The molecule has 28 heavy (non-hydrogen) atoms. The minimum atomic E-state index is -0.121. The predicted molar refractivity (Wildman–Crippen MR) is 101 cm³/mol. The van der Waals surface area contributed by atoms with Crippen LogP contribution < -0.4 is 0 Å². The van der Waals surface area contributed by atoms with Gasteiger partial charge in [0.15, 0.2) is 11.6 Å². The molecule has 0 saturated carbocycles. The number of carbonyl (C=O) groups is 2. The first-order chi connectivity index (χ1) is 13.4. The minimum Gasteiger partial charge on any atom is -0.465 e. The van der Waals surface area contributed by atoms with Gasteiger partial charge in [-0.3, -0.25) is 9.59 Å². The van der Waals surface area contributed by atoms with E-state index >= 15 is 0 Å². The van der Waals surface area contributed by atoms with Crippen LogP contribution in [0.2, 0.25) is 0 Å². The molecule has 1 unspecified atom stereocenters. The lowest BCUT2D eigenvalue weighted by atomic mass is 9.92. The number of nitrogens with zero attached hydrogens (tertiary/aromatic N) is 3. The van der Waals surface area contributed by atoms with E-state index in [1.54, 1.807) is 11.8 Å². The monoisotopic (exact) mass is 385 g/mol. The summed E-state index contributed by atoms with van der Waals surface area (Å²) in [5.74, 6) is 2.93. The SMILES string of the molecule is Cc1oc2c(c1C(=O)N1CCCC(c3nc(CC(C)C)no3)C1)C(=O)CCC2. The maximum absolute atomic E-state index is 13.3. The fourth-order valence-corrected chi connectivity index (χ4v) is 4.27. The van der Waals surface area contributed by atoms with Gasteiger partial charge in [0.1, 0.15) is 11.5 Å². The smallest absolute Gasteiger partial charge is 0.258 e. The number of amides is 1. The molecule has 7 nitrogen and oxygen atoms in total. The Balaban J connectivity index is 1.54. The van der Waals surface area contributed by atoms with Gasteiger partial charge in [0.25, 0.3) is 5.91 Å². The third-order valence-electron chi connectivity index (χ3n) is 5.59. The van der Waals surface area contributed by atoms with E-state index < -0.39 is 0 Å². The molecule has 0 bridgehead atoms. The highest BCUT2D eigenvalue weighted by molar-refractivity contribution is 6.10. The summed E-state index contributed by atoms with van der Waals surface area (Å²) in [6.07, 6.45) is 4.54. The predicted octanol–water partition coefficient (Wildman–Crippen LogP) is 3.71. The fourth-order valence-electron chi connectivity index (χ4n) is 4.27. The maximum Gasteiger partial charge on any atom is 0.258 e. The number of likely N-dealkylation sites (tertiary alicyclic amines) is 1. The van der Waals surface area contributed by atoms with E-state index in [0.29, 0.717) is 54.0 Å². The first kappa shape index (κ1) is 18.9. The Morgan fingerprint density at radius 2 is 2.11 bits per heavy atom. The number of piperidine rings is 1. The van der Waals surface area contributed by atoms with Crippen molar-refractivity contribution in [3.63, 3.8) is 0 Å². The summed E-state index contributed by atoms with van der Waals surface area (Å²) in [6, 6.07) is 0. The van der Waals surface area contributed by atoms with Crippen LogP contribution in [0.15, 0.2) is 8.94 Å². The Hall–Kier alpha value is -2.44. The Bertz CT molecular complexity index is 896. The zero-order valence-corrected chi connectivity index (χ0v) is 16.8. The summed E-state index contributed by atoms with van der Waals surface area (Å²) < 4.78 is 11.2. The molecule has 0 radical (unpaired) electrons. The summed E-state index contributed by atoms with van der Waals surface area (Å²) in [7, 11) is 0. The highest BCUT2D eigenvalue weighted by atomic mass is 16.5. The quantitative estimate of drug-likeness (QED) is 0.797. The lowest BCUT2D eigenvalue weighted by Crippen LogP contribution is -2.40. The molecule has 1 fully saturated rings.